The highest BCUT2D eigenvalue weighted by Crippen LogP contribution is 2.39. The van der Waals surface area contributed by atoms with Crippen molar-refractivity contribution in [3.05, 3.63) is 11.4 Å². The van der Waals surface area contributed by atoms with Gasteiger partial charge in [0.05, 0.1) is 12.1 Å². The Bertz CT molecular complexity index is 417. The molecule has 5 N–H and O–H groups in total. The van der Waals surface area contributed by atoms with Gasteiger partial charge >= 0.3 is 0 Å². The van der Waals surface area contributed by atoms with Crippen molar-refractivity contribution in [2.75, 3.05) is 17.3 Å². The summed E-state index contributed by atoms with van der Waals surface area (Å²) >= 11 is 0. The van der Waals surface area contributed by atoms with Crippen LogP contribution in [0.1, 0.15) is 31.2 Å². The molecule has 2 rings (SSSR count). The quantitative estimate of drug-likeness (QED) is 0.441. The van der Waals surface area contributed by atoms with Gasteiger partial charge in [0, 0.05) is 12.0 Å². The fraction of sp³-hybridized carbons (Fsp3) is 0.636. The summed E-state index contributed by atoms with van der Waals surface area (Å²) in [6.45, 7) is 4.03. The SMILES string of the molecule is CCc1nc(NN)c(C)c(NC2(CO)CC2)n1. The van der Waals surface area contributed by atoms with Crippen molar-refractivity contribution < 1.29 is 5.11 Å². The van der Waals surface area contributed by atoms with Crippen molar-refractivity contribution in [3.63, 3.8) is 0 Å². The third kappa shape index (κ3) is 2.32. The normalized spacial score (nSPS) is 16.7. The number of anilines is 2. The van der Waals surface area contributed by atoms with Crippen LogP contribution in [0, 0.1) is 6.92 Å². The number of rotatable bonds is 5. The minimum Gasteiger partial charge on any atom is -0.394 e. The van der Waals surface area contributed by atoms with Gasteiger partial charge in [-0.05, 0) is 19.8 Å². The Labute approximate surface area is 101 Å². The van der Waals surface area contributed by atoms with Gasteiger partial charge in [-0.25, -0.2) is 15.8 Å². The Kier molecular flexibility index (Phi) is 3.17. The second kappa shape index (κ2) is 4.46. The number of nitrogens with one attached hydrogen (secondary N) is 2. The lowest BCUT2D eigenvalue weighted by molar-refractivity contribution is 0.266. The summed E-state index contributed by atoms with van der Waals surface area (Å²) in [4.78, 5) is 8.74. The highest BCUT2D eigenvalue weighted by Gasteiger charge is 2.42. The smallest absolute Gasteiger partial charge is 0.148 e. The number of nitrogens with zero attached hydrogens (tertiary/aromatic N) is 2. The molecule has 1 aromatic heterocycles. The van der Waals surface area contributed by atoms with Gasteiger partial charge in [-0.3, -0.25) is 0 Å². The maximum absolute atomic E-state index is 9.32. The van der Waals surface area contributed by atoms with E-state index >= 15 is 0 Å². The summed E-state index contributed by atoms with van der Waals surface area (Å²) in [6.07, 6.45) is 2.69. The summed E-state index contributed by atoms with van der Waals surface area (Å²) in [5.41, 5.74) is 3.28. The van der Waals surface area contributed by atoms with E-state index in [0.717, 1.165) is 36.5 Å². The monoisotopic (exact) mass is 237 g/mol. The van der Waals surface area contributed by atoms with E-state index in [1.54, 1.807) is 0 Å². The molecule has 0 atom stereocenters. The molecule has 1 saturated carbocycles. The number of nitrogens with two attached hydrogens (primary N) is 1. The van der Waals surface area contributed by atoms with Gasteiger partial charge in [0.2, 0.25) is 0 Å². The summed E-state index contributed by atoms with van der Waals surface area (Å²) in [5, 5.41) is 12.6. The molecule has 0 saturated heterocycles. The maximum Gasteiger partial charge on any atom is 0.148 e. The van der Waals surface area contributed by atoms with Crippen LogP contribution in [0.25, 0.3) is 0 Å². The standard InChI is InChI=1S/C11H19N5O/c1-3-8-13-9(7(2)10(14-8)16-12)15-11(6-17)4-5-11/h17H,3-6,12H2,1-2H3,(H2,13,14,15,16). The third-order valence-corrected chi connectivity index (χ3v) is 3.18. The number of hydrogen-bond donors (Lipinski definition) is 4. The van der Waals surface area contributed by atoms with Gasteiger partial charge in [0.25, 0.3) is 0 Å². The van der Waals surface area contributed by atoms with Crippen LogP contribution < -0.4 is 16.6 Å². The van der Waals surface area contributed by atoms with Crippen LogP contribution in [0.4, 0.5) is 11.6 Å². The van der Waals surface area contributed by atoms with Gasteiger partial charge < -0.3 is 15.8 Å². The Morgan fingerprint density at radius 3 is 2.47 bits per heavy atom. The van der Waals surface area contributed by atoms with Gasteiger partial charge in [0.1, 0.15) is 17.5 Å². The van der Waals surface area contributed by atoms with Gasteiger partial charge in [0.15, 0.2) is 0 Å². The zero-order chi connectivity index (χ0) is 12.5. The maximum atomic E-state index is 9.32. The van der Waals surface area contributed by atoms with Crippen LogP contribution in [0.15, 0.2) is 0 Å². The van der Waals surface area contributed by atoms with E-state index in [4.69, 9.17) is 5.84 Å². The highest BCUT2D eigenvalue weighted by atomic mass is 16.3. The Balaban J connectivity index is 2.31. The van der Waals surface area contributed by atoms with Gasteiger partial charge in [-0.15, -0.1) is 0 Å². The molecule has 1 heterocycles. The van der Waals surface area contributed by atoms with Crippen LogP contribution in [-0.4, -0.2) is 27.2 Å². The van der Waals surface area contributed by atoms with Crippen LogP contribution >= 0.6 is 0 Å². The molecule has 0 amide bonds. The van der Waals surface area contributed by atoms with E-state index < -0.39 is 0 Å². The van der Waals surface area contributed by atoms with Crippen molar-refractivity contribution in [2.24, 2.45) is 5.84 Å². The fourth-order valence-electron chi connectivity index (χ4n) is 1.71. The van der Waals surface area contributed by atoms with Crippen LogP contribution in [-0.2, 0) is 6.42 Å². The van der Waals surface area contributed by atoms with E-state index in [-0.39, 0.29) is 12.1 Å². The molecular weight excluding hydrogens is 218 g/mol. The van der Waals surface area contributed by atoms with Crippen molar-refractivity contribution >= 4 is 11.6 Å². The first-order valence-electron chi connectivity index (χ1n) is 5.87. The van der Waals surface area contributed by atoms with Crippen molar-refractivity contribution in [1.29, 1.82) is 0 Å². The summed E-state index contributed by atoms with van der Waals surface area (Å²) < 4.78 is 0. The van der Waals surface area contributed by atoms with Gasteiger partial charge in [-0.2, -0.15) is 0 Å². The fourth-order valence-corrected chi connectivity index (χ4v) is 1.71. The second-order valence-corrected chi connectivity index (χ2v) is 4.52. The lowest BCUT2D eigenvalue weighted by Gasteiger charge is -2.18. The van der Waals surface area contributed by atoms with Crippen LogP contribution in [0.3, 0.4) is 0 Å². The molecule has 0 aliphatic heterocycles. The lowest BCUT2D eigenvalue weighted by atomic mass is 10.2. The first-order chi connectivity index (χ1) is 8.14. The topological polar surface area (TPSA) is 96.1 Å². The first-order valence-corrected chi connectivity index (χ1v) is 5.87. The molecule has 0 spiro atoms. The predicted molar refractivity (Wildman–Crippen MR) is 66.6 cm³/mol. The largest absolute Gasteiger partial charge is 0.394 e. The lowest BCUT2D eigenvalue weighted by Crippen LogP contribution is -2.27. The molecule has 1 aromatic rings. The van der Waals surface area contributed by atoms with Crippen molar-refractivity contribution in [2.45, 2.75) is 38.6 Å². The minimum atomic E-state index is -0.185. The van der Waals surface area contributed by atoms with E-state index in [9.17, 15) is 5.11 Å². The zero-order valence-corrected chi connectivity index (χ0v) is 10.2. The van der Waals surface area contributed by atoms with Crippen molar-refractivity contribution in [1.82, 2.24) is 9.97 Å². The van der Waals surface area contributed by atoms with Gasteiger partial charge in [-0.1, -0.05) is 6.92 Å². The van der Waals surface area contributed by atoms with E-state index in [1.807, 2.05) is 13.8 Å². The molecule has 0 bridgehead atoms. The second-order valence-electron chi connectivity index (χ2n) is 4.52. The molecule has 6 nitrogen and oxygen atoms in total. The third-order valence-electron chi connectivity index (χ3n) is 3.18. The summed E-state index contributed by atoms with van der Waals surface area (Å²) in [5.74, 6) is 7.57. The number of aryl methyl sites for hydroxylation is 1. The molecule has 94 valence electrons. The van der Waals surface area contributed by atoms with E-state index in [2.05, 4.69) is 20.7 Å². The Morgan fingerprint density at radius 1 is 1.35 bits per heavy atom. The first kappa shape index (κ1) is 12.1. The Hall–Kier alpha value is -1.40. The van der Waals surface area contributed by atoms with E-state index in [0.29, 0.717) is 5.82 Å². The number of aliphatic hydroxyl groups is 1. The molecule has 0 unspecified atom stereocenters. The number of hydrogen-bond acceptors (Lipinski definition) is 6. The van der Waals surface area contributed by atoms with Crippen LogP contribution in [0.5, 0.6) is 0 Å². The number of aromatic nitrogens is 2. The summed E-state index contributed by atoms with van der Waals surface area (Å²) in [7, 11) is 0. The average Bonchev–Trinajstić information content (AvgIpc) is 3.12. The molecule has 1 aliphatic carbocycles. The molecule has 1 fully saturated rings. The number of aliphatic hydroxyl groups excluding tert-OH is 1. The number of hydrazine groups is 1. The molecule has 0 radical (unpaired) electrons. The minimum absolute atomic E-state index is 0.128. The number of nitrogen functional groups attached to an aromatic ring is 1. The molecule has 0 aromatic carbocycles. The van der Waals surface area contributed by atoms with Crippen molar-refractivity contribution in [3.8, 4) is 0 Å². The molecule has 17 heavy (non-hydrogen) atoms. The highest BCUT2D eigenvalue weighted by molar-refractivity contribution is 5.58. The summed E-state index contributed by atoms with van der Waals surface area (Å²) in [6, 6.07) is 0. The van der Waals surface area contributed by atoms with E-state index in [1.165, 1.54) is 0 Å². The predicted octanol–water partition coefficient (Wildman–Crippen LogP) is 0.570. The van der Waals surface area contributed by atoms with Crippen LogP contribution in [0.2, 0.25) is 0 Å². The molecule has 1 aliphatic rings. The Morgan fingerprint density at radius 2 is 2.00 bits per heavy atom. The average molecular weight is 237 g/mol. The zero-order valence-electron chi connectivity index (χ0n) is 10.2. The molecule has 6 heteroatoms. The molecular formula is C11H19N5O.